The number of imide groups is 1. The van der Waals surface area contributed by atoms with E-state index in [9.17, 15) is 19.2 Å². The molecule has 158 valence electrons. The number of ketones is 2. The molecule has 1 aliphatic rings. The molecule has 0 aliphatic carbocycles. The average molecular weight is 397 g/mol. The van der Waals surface area contributed by atoms with Crippen molar-refractivity contribution in [1.29, 1.82) is 0 Å². The van der Waals surface area contributed by atoms with E-state index in [4.69, 9.17) is 14.2 Å². The molecule has 0 unspecified atom stereocenters. The Labute approximate surface area is 166 Å². The maximum Gasteiger partial charge on any atom is 0.253 e. The van der Waals surface area contributed by atoms with Crippen molar-refractivity contribution in [3.8, 4) is 0 Å². The van der Waals surface area contributed by atoms with Gasteiger partial charge in [0.1, 0.15) is 11.6 Å². The molecule has 0 aromatic rings. The topological polar surface area (TPSA) is 99.2 Å². The third kappa shape index (κ3) is 10.4. The van der Waals surface area contributed by atoms with Crippen molar-refractivity contribution >= 4 is 23.4 Å². The molecule has 1 aliphatic heterocycles. The molecule has 1 heterocycles. The molecule has 0 saturated carbocycles. The van der Waals surface area contributed by atoms with E-state index in [-0.39, 0.29) is 42.3 Å². The van der Waals surface area contributed by atoms with Crippen LogP contribution in [-0.4, -0.2) is 74.5 Å². The lowest BCUT2D eigenvalue weighted by Gasteiger charge is -2.12. The van der Waals surface area contributed by atoms with Crippen molar-refractivity contribution < 1.29 is 33.4 Å². The summed E-state index contributed by atoms with van der Waals surface area (Å²) in [6.07, 6.45) is 3.97. The Bertz CT molecular complexity index is 539. The molecule has 0 aromatic heterocycles. The van der Waals surface area contributed by atoms with Crippen LogP contribution in [-0.2, 0) is 33.4 Å². The largest absolute Gasteiger partial charge is 0.379 e. The van der Waals surface area contributed by atoms with E-state index in [1.807, 2.05) is 13.8 Å². The number of carbonyl (C=O) groups is 4. The van der Waals surface area contributed by atoms with Crippen molar-refractivity contribution in [2.45, 2.75) is 39.5 Å². The number of nitrogens with zero attached hydrogens (tertiary/aromatic N) is 1. The number of hydrogen-bond acceptors (Lipinski definition) is 7. The maximum absolute atomic E-state index is 11.8. The summed E-state index contributed by atoms with van der Waals surface area (Å²) in [5.41, 5.74) is 0. The van der Waals surface area contributed by atoms with Gasteiger partial charge in [-0.05, 0) is 6.42 Å². The third-order valence-electron chi connectivity index (χ3n) is 4.14. The Morgan fingerprint density at radius 2 is 1.36 bits per heavy atom. The summed E-state index contributed by atoms with van der Waals surface area (Å²) in [5, 5.41) is 0. The van der Waals surface area contributed by atoms with Crippen molar-refractivity contribution in [3.63, 3.8) is 0 Å². The summed E-state index contributed by atoms with van der Waals surface area (Å²) in [6, 6.07) is 0. The first-order chi connectivity index (χ1) is 13.4. The number of rotatable bonds is 17. The summed E-state index contributed by atoms with van der Waals surface area (Å²) in [6.45, 7) is 6.50. The minimum absolute atomic E-state index is 0.000414. The number of Topliss-reactive ketones (excluding diaryl/α,β-unsaturated/α-hetero) is 2. The van der Waals surface area contributed by atoms with E-state index >= 15 is 0 Å². The van der Waals surface area contributed by atoms with Gasteiger partial charge in [0.2, 0.25) is 0 Å². The Hall–Kier alpha value is -1.90. The average Bonchev–Trinajstić information content (AvgIpc) is 2.98. The number of ether oxygens (including phenoxy) is 3. The number of amides is 2. The van der Waals surface area contributed by atoms with Crippen LogP contribution in [0.1, 0.15) is 39.5 Å². The molecule has 28 heavy (non-hydrogen) atoms. The van der Waals surface area contributed by atoms with Gasteiger partial charge < -0.3 is 14.2 Å². The summed E-state index contributed by atoms with van der Waals surface area (Å²) >= 11 is 0. The Morgan fingerprint density at radius 3 is 1.93 bits per heavy atom. The molecule has 0 N–H and O–H groups in total. The zero-order chi connectivity index (χ0) is 20.8. The molecule has 8 nitrogen and oxygen atoms in total. The van der Waals surface area contributed by atoms with Gasteiger partial charge in [0.15, 0.2) is 0 Å². The van der Waals surface area contributed by atoms with E-state index in [0.717, 1.165) is 4.90 Å². The normalized spacial score (nSPS) is 13.8. The SMILES string of the molecule is CC(C)C(=O)CCOCCOCCOCCCC(=O)CCN1C(=O)C=CC1=O. The first-order valence-corrected chi connectivity index (χ1v) is 9.73. The second-order valence-corrected chi connectivity index (χ2v) is 6.76. The molecule has 0 saturated heterocycles. The summed E-state index contributed by atoms with van der Waals surface area (Å²) in [7, 11) is 0. The van der Waals surface area contributed by atoms with Crippen LogP contribution in [0.15, 0.2) is 12.2 Å². The van der Waals surface area contributed by atoms with E-state index in [0.29, 0.717) is 58.9 Å². The van der Waals surface area contributed by atoms with Gasteiger partial charge in [-0.3, -0.25) is 24.1 Å². The molecule has 2 amide bonds. The van der Waals surface area contributed by atoms with Crippen LogP contribution in [0, 0.1) is 5.92 Å². The van der Waals surface area contributed by atoms with Crippen LogP contribution in [0.2, 0.25) is 0 Å². The van der Waals surface area contributed by atoms with Gasteiger partial charge in [0.25, 0.3) is 11.8 Å². The zero-order valence-corrected chi connectivity index (χ0v) is 16.8. The molecule has 8 heteroatoms. The molecule has 0 bridgehead atoms. The van der Waals surface area contributed by atoms with Gasteiger partial charge >= 0.3 is 0 Å². The highest BCUT2D eigenvalue weighted by Crippen LogP contribution is 2.06. The Kier molecular flexibility index (Phi) is 12.2. The summed E-state index contributed by atoms with van der Waals surface area (Å²) < 4.78 is 16.1. The first-order valence-electron chi connectivity index (χ1n) is 9.73. The lowest BCUT2D eigenvalue weighted by atomic mass is 10.1. The van der Waals surface area contributed by atoms with Crippen molar-refractivity contribution in [1.82, 2.24) is 4.90 Å². The van der Waals surface area contributed by atoms with Crippen LogP contribution in [0.3, 0.4) is 0 Å². The molecule has 0 fully saturated rings. The molecule has 0 radical (unpaired) electrons. The van der Waals surface area contributed by atoms with Gasteiger partial charge in [0.05, 0.1) is 33.0 Å². The highest BCUT2D eigenvalue weighted by molar-refractivity contribution is 6.13. The van der Waals surface area contributed by atoms with Crippen LogP contribution in [0.25, 0.3) is 0 Å². The monoisotopic (exact) mass is 397 g/mol. The molecule has 0 atom stereocenters. The second kappa shape index (κ2) is 14.1. The van der Waals surface area contributed by atoms with Crippen LogP contribution < -0.4 is 0 Å². The van der Waals surface area contributed by atoms with Gasteiger partial charge in [-0.25, -0.2) is 0 Å². The van der Waals surface area contributed by atoms with E-state index < -0.39 is 0 Å². The van der Waals surface area contributed by atoms with Gasteiger partial charge in [-0.1, -0.05) is 13.8 Å². The highest BCUT2D eigenvalue weighted by Gasteiger charge is 2.23. The third-order valence-corrected chi connectivity index (χ3v) is 4.14. The zero-order valence-electron chi connectivity index (χ0n) is 16.8. The van der Waals surface area contributed by atoms with Gasteiger partial charge in [0, 0.05) is 50.5 Å². The molecule has 1 rings (SSSR count). The van der Waals surface area contributed by atoms with Crippen LogP contribution >= 0.6 is 0 Å². The fourth-order valence-corrected chi connectivity index (χ4v) is 2.39. The van der Waals surface area contributed by atoms with E-state index in [1.165, 1.54) is 12.2 Å². The van der Waals surface area contributed by atoms with Crippen LogP contribution in [0.5, 0.6) is 0 Å². The fraction of sp³-hybridized carbons (Fsp3) is 0.700. The smallest absolute Gasteiger partial charge is 0.253 e. The number of carbonyl (C=O) groups excluding carboxylic acids is 4. The number of hydrogen-bond donors (Lipinski definition) is 0. The lowest BCUT2D eigenvalue weighted by Crippen LogP contribution is -2.32. The molecule has 0 spiro atoms. The Balaban J connectivity index is 1.85. The predicted molar refractivity (Wildman–Crippen MR) is 102 cm³/mol. The minimum Gasteiger partial charge on any atom is -0.379 e. The summed E-state index contributed by atoms with van der Waals surface area (Å²) in [4.78, 5) is 46.9. The maximum atomic E-state index is 11.8. The van der Waals surface area contributed by atoms with Gasteiger partial charge in [-0.15, -0.1) is 0 Å². The predicted octanol–water partition coefficient (Wildman–Crippen LogP) is 1.32. The molecular formula is C20H31NO7. The quantitative estimate of drug-likeness (QED) is 0.270. The van der Waals surface area contributed by atoms with Crippen molar-refractivity contribution in [3.05, 3.63) is 12.2 Å². The Morgan fingerprint density at radius 1 is 0.821 bits per heavy atom. The second-order valence-electron chi connectivity index (χ2n) is 6.76. The molecule has 0 aromatic carbocycles. The van der Waals surface area contributed by atoms with Gasteiger partial charge in [-0.2, -0.15) is 0 Å². The lowest BCUT2D eigenvalue weighted by molar-refractivity contribution is -0.137. The van der Waals surface area contributed by atoms with Crippen molar-refractivity contribution in [2.75, 3.05) is 46.2 Å². The van der Waals surface area contributed by atoms with Crippen LogP contribution in [0.4, 0.5) is 0 Å². The van der Waals surface area contributed by atoms with Crippen molar-refractivity contribution in [2.24, 2.45) is 5.92 Å². The first kappa shape index (κ1) is 24.1. The summed E-state index contributed by atoms with van der Waals surface area (Å²) in [5.74, 6) is -0.488. The fourth-order valence-electron chi connectivity index (χ4n) is 2.39. The standard InChI is InChI=1S/C20H31NO7/c1-16(2)18(23)8-11-27-13-15-28-14-12-26-10-3-4-17(22)7-9-21-19(24)5-6-20(21)25/h5-6,16H,3-4,7-15H2,1-2H3. The molecular weight excluding hydrogens is 366 g/mol. The van der Waals surface area contributed by atoms with E-state index in [2.05, 4.69) is 0 Å². The van der Waals surface area contributed by atoms with E-state index in [1.54, 1.807) is 0 Å². The minimum atomic E-state index is -0.365. The highest BCUT2D eigenvalue weighted by atomic mass is 16.5.